The van der Waals surface area contributed by atoms with Gasteiger partial charge in [-0.3, -0.25) is 0 Å². The molecule has 1 saturated heterocycles. The first kappa shape index (κ1) is 19.4. The molecule has 0 radical (unpaired) electrons. The second-order valence-electron chi connectivity index (χ2n) is 5.92. The summed E-state index contributed by atoms with van der Waals surface area (Å²) in [4.78, 5) is 24.4. The molecule has 5 nitrogen and oxygen atoms in total. The SMILES string of the molecule is CO[C@H]1S[C@H](COC(=O)c2ccccc2)[C@@H](OC(=O)c2ccccc2)[C@@H]1F. The van der Waals surface area contributed by atoms with Crippen LogP contribution in [0.4, 0.5) is 4.39 Å². The molecule has 0 spiro atoms. The van der Waals surface area contributed by atoms with Crippen LogP contribution in [-0.2, 0) is 14.2 Å². The van der Waals surface area contributed by atoms with Gasteiger partial charge in [0.2, 0.25) is 0 Å². The molecule has 27 heavy (non-hydrogen) atoms. The van der Waals surface area contributed by atoms with Gasteiger partial charge in [-0.15, -0.1) is 11.8 Å². The molecular weight excluding hydrogens is 371 g/mol. The van der Waals surface area contributed by atoms with E-state index in [4.69, 9.17) is 14.2 Å². The van der Waals surface area contributed by atoms with Crippen LogP contribution >= 0.6 is 11.8 Å². The summed E-state index contributed by atoms with van der Waals surface area (Å²) in [6.45, 7) is -0.0919. The third kappa shape index (κ3) is 4.67. The summed E-state index contributed by atoms with van der Waals surface area (Å²) in [5.74, 6) is -1.14. The molecule has 0 saturated carbocycles. The van der Waals surface area contributed by atoms with Gasteiger partial charge in [0.25, 0.3) is 0 Å². The van der Waals surface area contributed by atoms with Crippen molar-refractivity contribution < 1.29 is 28.2 Å². The highest BCUT2D eigenvalue weighted by molar-refractivity contribution is 8.00. The van der Waals surface area contributed by atoms with Crippen molar-refractivity contribution in [1.29, 1.82) is 0 Å². The van der Waals surface area contributed by atoms with E-state index in [0.29, 0.717) is 11.1 Å². The molecule has 1 aliphatic rings. The third-order valence-electron chi connectivity index (χ3n) is 4.12. The highest BCUT2D eigenvalue weighted by Crippen LogP contribution is 2.39. The number of hydrogen-bond acceptors (Lipinski definition) is 6. The van der Waals surface area contributed by atoms with Crippen molar-refractivity contribution in [2.24, 2.45) is 0 Å². The number of benzene rings is 2. The zero-order valence-electron chi connectivity index (χ0n) is 14.6. The molecular formula is C20H19FO5S. The van der Waals surface area contributed by atoms with E-state index in [9.17, 15) is 14.0 Å². The molecule has 0 bridgehead atoms. The zero-order valence-corrected chi connectivity index (χ0v) is 15.4. The van der Waals surface area contributed by atoms with Crippen molar-refractivity contribution in [3.63, 3.8) is 0 Å². The van der Waals surface area contributed by atoms with Crippen molar-refractivity contribution in [3.8, 4) is 0 Å². The van der Waals surface area contributed by atoms with Gasteiger partial charge < -0.3 is 14.2 Å². The van der Waals surface area contributed by atoms with Crippen LogP contribution in [0.25, 0.3) is 0 Å². The number of carbonyl (C=O) groups excluding carboxylic acids is 2. The van der Waals surface area contributed by atoms with E-state index >= 15 is 0 Å². The van der Waals surface area contributed by atoms with E-state index in [1.165, 1.54) is 7.11 Å². The fourth-order valence-corrected chi connectivity index (χ4v) is 3.99. The van der Waals surface area contributed by atoms with Crippen LogP contribution in [0.2, 0.25) is 0 Å². The fraction of sp³-hybridized carbons (Fsp3) is 0.300. The van der Waals surface area contributed by atoms with Crippen molar-refractivity contribution in [2.75, 3.05) is 13.7 Å². The smallest absolute Gasteiger partial charge is 0.338 e. The number of methoxy groups -OCH3 is 1. The second kappa shape index (κ2) is 9.01. The van der Waals surface area contributed by atoms with Crippen LogP contribution in [-0.4, -0.2) is 48.6 Å². The first-order chi connectivity index (χ1) is 13.1. The zero-order chi connectivity index (χ0) is 19.2. The highest BCUT2D eigenvalue weighted by Gasteiger charge is 2.48. The minimum absolute atomic E-state index is 0.0919. The van der Waals surface area contributed by atoms with Crippen LogP contribution in [0.1, 0.15) is 20.7 Å². The average Bonchev–Trinajstić information content (AvgIpc) is 3.02. The first-order valence-electron chi connectivity index (χ1n) is 8.40. The molecule has 142 valence electrons. The summed E-state index contributed by atoms with van der Waals surface area (Å²) in [6, 6.07) is 16.9. The van der Waals surface area contributed by atoms with E-state index in [1.807, 2.05) is 0 Å². The molecule has 0 N–H and O–H groups in total. The summed E-state index contributed by atoms with van der Waals surface area (Å²) in [6.07, 6.45) is -2.59. The number of thioether (sulfide) groups is 1. The Labute approximate surface area is 160 Å². The predicted molar refractivity (Wildman–Crippen MR) is 99.4 cm³/mol. The first-order valence-corrected chi connectivity index (χ1v) is 9.35. The lowest BCUT2D eigenvalue weighted by Gasteiger charge is -2.20. The second-order valence-corrected chi connectivity index (χ2v) is 7.27. The predicted octanol–water partition coefficient (Wildman–Crippen LogP) is 3.50. The Morgan fingerprint density at radius 3 is 2.07 bits per heavy atom. The molecule has 1 aliphatic heterocycles. The van der Waals surface area contributed by atoms with Crippen LogP contribution in [0, 0.1) is 0 Å². The lowest BCUT2D eigenvalue weighted by molar-refractivity contribution is -0.0175. The summed E-state index contributed by atoms with van der Waals surface area (Å²) >= 11 is 1.15. The molecule has 1 heterocycles. The Kier molecular flexibility index (Phi) is 6.47. The van der Waals surface area contributed by atoms with Gasteiger partial charge in [0.05, 0.1) is 16.4 Å². The number of alkyl halides is 1. The number of halogens is 1. The lowest BCUT2D eigenvalue weighted by Crippen LogP contribution is -2.37. The molecule has 0 aromatic heterocycles. The normalized spacial score (nSPS) is 24.4. The Bertz CT molecular complexity index is 770. The maximum absolute atomic E-state index is 14.7. The maximum atomic E-state index is 14.7. The summed E-state index contributed by atoms with van der Waals surface area (Å²) in [7, 11) is 1.39. The summed E-state index contributed by atoms with van der Waals surface area (Å²) in [5, 5.41) is -0.565. The van der Waals surface area contributed by atoms with Gasteiger partial charge >= 0.3 is 11.9 Å². The molecule has 3 rings (SSSR count). The molecule has 2 aromatic carbocycles. The van der Waals surface area contributed by atoms with Gasteiger partial charge in [-0.25, -0.2) is 14.0 Å². The van der Waals surface area contributed by atoms with Crippen molar-refractivity contribution in [2.45, 2.75) is 23.0 Å². The van der Waals surface area contributed by atoms with E-state index in [0.717, 1.165) is 11.8 Å². The molecule has 0 aliphatic carbocycles. The quantitative estimate of drug-likeness (QED) is 0.704. The standard InChI is InChI=1S/C20H19FO5S/c1-24-20-16(21)17(26-19(23)14-10-6-3-7-11-14)15(27-20)12-25-18(22)13-8-4-2-5-9-13/h2-11,15-17,20H,12H2,1H3/t15-,16+,17-,20+/m1/s1. The molecule has 0 amide bonds. The number of ether oxygens (including phenoxy) is 3. The Hall–Kier alpha value is -2.38. The minimum atomic E-state index is -1.52. The Balaban J connectivity index is 1.66. The van der Waals surface area contributed by atoms with Crippen molar-refractivity contribution in [1.82, 2.24) is 0 Å². The fourth-order valence-electron chi connectivity index (χ4n) is 2.73. The van der Waals surface area contributed by atoms with Gasteiger partial charge in [0.1, 0.15) is 12.0 Å². The molecule has 4 atom stereocenters. The number of carbonyl (C=O) groups is 2. The maximum Gasteiger partial charge on any atom is 0.338 e. The molecule has 0 unspecified atom stereocenters. The van der Waals surface area contributed by atoms with Crippen LogP contribution in [0.5, 0.6) is 0 Å². The van der Waals surface area contributed by atoms with Crippen LogP contribution in [0.15, 0.2) is 60.7 Å². The van der Waals surface area contributed by atoms with E-state index < -0.39 is 34.9 Å². The van der Waals surface area contributed by atoms with Gasteiger partial charge in [-0.2, -0.15) is 0 Å². The molecule has 2 aromatic rings. The average molecular weight is 390 g/mol. The van der Waals surface area contributed by atoms with Crippen LogP contribution in [0.3, 0.4) is 0 Å². The van der Waals surface area contributed by atoms with E-state index in [2.05, 4.69) is 0 Å². The van der Waals surface area contributed by atoms with Gasteiger partial charge in [-0.05, 0) is 24.3 Å². The highest BCUT2D eigenvalue weighted by atomic mass is 32.2. The third-order valence-corrected chi connectivity index (χ3v) is 5.60. The molecule has 7 heteroatoms. The van der Waals surface area contributed by atoms with Gasteiger partial charge in [0, 0.05) is 7.11 Å². The minimum Gasteiger partial charge on any atom is -0.461 e. The number of hydrogen-bond donors (Lipinski definition) is 0. The Morgan fingerprint density at radius 2 is 1.52 bits per heavy atom. The summed E-state index contributed by atoms with van der Waals surface area (Å²) in [5.41, 5.74) is -0.0620. The van der Waals surface area contributed by atoms with Crippen molar-refractivity contribution >= 4 is 23.7 Å². The Morgan fingerprint density at radius 1 is 0.963 bits per heavy atom. The topological polar surface area (TPSA) is 61.8 Å². The summed E-state index contributed by atoms with van der Waals surface area (Å²) < 4.78 is 30.5. The largest absolute Gasteiger partial charge is 0.461 e. The van der Waals surface area contributed by atoms with Gasteiger partial charge in [-0.1, -0.05) is 36.4 Å². The number of esters is 2. The van der Waals surface area contributed by atoms with E-state index in [-0.39, 0.29) is 6.61 Å². The molecule has 1 fully saturated rings. The van der Waals surface area contributed by atoms with Crippen molar-refractivity contribution in [3.05, 3.63) is 71.8 Å². The lowest BCUT2D eigenvalue weighted by atomic mass is 10.1. The van der Waals surface area contributed by atoms with Gasteiger partial charge in [0.15, 0.2) is 12.3 Å². The van der Waals surface area contributed by atoms with Crippen LogP contribution < -0.4 is 0 Å². The number of rotatable bonds is 6. The van der Waals surface area contributed by atoms with E-state index in [1.54, 1.807) is 60.7 Å². The monoisotopic (exact) mass is 390 g/mol.